The Labute approximate surface area is 203 Å². The van der Waals surface area contributed by atoms with E-state index in [1.807, 2.05) is 0 Å². The smallest absolute Gasteiger partial charge is 0.201 e. The van der Waals surface area contributed by atoms with Crippen molar-refractivity contribution in [1.29, 1.82) is 0 Å². The van der Waals surface area contributed by atoms with Crippen LogP contribution in [-0.4, -0.2) is 6.61 Å². The van der Waals surface area contributed by atoms with Crippen LogP contribution >= 0.6 is 0 Å². The van der Waals surface area contributed by atoms with Crippen LogP contribution < -0.4 is 9.47 Å². The minimum atomic E-state index is -1.05. The molecule has 0 unspecified atom stereocenters. The normalized spacial score (nSPS) is 17.9. The molecule has 0 amide bonds. The molecule has 0 aliphatic heterocycles. The molecular weight excluding hydrogens is 456 g/mol. The zero-order valence-corrected chi connectivity index (χ0v) is 20.1. The van der Waals surface area contributed by atoms with E-state index in [0.717, 1.165) is 32.1 Å². The summed E-state index contributed by atoms with van der Waals surface area (Å²) in [5.41, 5.74) is 1.20. The summed E-state index contributed by atoms with van der Waals surface area (Å²) in [4.78, 5) is 0. The quantitative estimate of drug-likeness (QED) is 0.297. The van der Waals surface area contributed by atoms with Gasteiger partial charge in [-0.05, 0) is 79.8 Å². The van der Waals surface area contributed by atoms with Crippen molar-refractivity contribution < 1.29 is 27.0 Å². The third-order valence-corrected chi connectivity index (χ3v) is 6.96. The summed E-state index contributed by atoms with van der Waals surface area (Å²) in [5.74, 6) is -2.69. The van der Waals surface area contributed by atoms with E-state index in [2.05, 4.69) is 6.92 Å². The molecule has 3 aromatic carbocycles. The lowest BCUT2D eigenvalue weighted by Gasteiger charge is -2.28. The molecule has 0 atom stereocenters. The molecule has 6 heteroatoms. The number of hydrogen-bond acceptors (Lipinski definition) is 2. The van der Waals surface area contributed by atoms with Crippen LogP contribution in [0.5, 0.6) is 11.5 Å². The van der Waals surface area contributed by atoms with Crippen molar-refractivity contribution in [3.63, 3.8) is 0 Å². The average Bonchev–Trinajstić information content (AvgIpc) is 2.88. The molecule has 0 heterocycles. The maximum absolute atomic E-state index is 15.0. The van der Waals surface area contributed by atoms with Crippen molar-refractivity contribution in [2.24, 2.45) is 5.92 Å². The van der Waals surface area contributed by atoms with Crippen LogP contribution in [0.1, 0.15) is 63.0 Å². The van der Waals surface area contributed by atoms with E-state index >= 15 is 0 Å². The predicted octanol–water partition coefficient (Wildman–Crippen LogP) is 8.57. The monoisotopic (exact) mass is 486 g/mol. The molecule has 0 saturated heterocycles. The van der Waals surface area contributed by atoms with Gasteiger partial charge in [-0.3, -0.25) is 0 Å². The number of halogens is 4. The van der Waals surface area contributed by atoms with Gasteiger partial charge in [0.1, 0.15) is 12.4 Å². The second-order valence-corrected chi connectivity index (χ2v) is 9.05. The molecule has 35 heavy (non-hydrogen) atoms. The molecule has 1 aliphatic rings. The van der Waals surface area contributed by atoms with Crippen molar-refractivity contribution in [3.05, 3.63) is 82.9 Å². The highest BCUT2D eigenvalue weighted by atomic mass is 19.2. The lowest BCUT2D eigenvalue weighted by molar-refractivity contribution is 0.289. The molecule has 0 N–H and O–H groups in total. The van der Waals surface area contributed by atoms with Gasteiger partial charge in [0.05, 0.1) is 6.61 Å². The van der Waals surface area contributed by atoms with Crippen LogP contribution in [0, 0.1) is 29.2 Å². The van der Waals surface area contributed by atoms with Gasteiger partial charge in [-0.2, -0.15) is 4.39 Å². The maximum atomic E-state index is 15.0. The second kappa shape index (κ2) is 11.1. The van der Waals surface area contributed by atoms with E-state index in [0.29, 0.717) is 22.8 Å². The van der Waals surface area contributed by atoms with E-state index in [4.69, 9.17) is 9.47 Å². The van der Waals surface area contributed by atoms with Crippen LogP contribution in [0.4, 0.5) is 17.6 Å². The first kappa shape index (κ1) is 25.1. The Morgan fingerprint density at radius 1 is 0.714 bits per heavy atom. The molecule has 0 spiro atoms. The maximum Gasteiger partial charge on any atom is 0.201 e. The molecule has 2 nitrogen and oxygen atoms in total. The van der Waals surface area contributed by atoms with Crippen LogP contribution in [-0.2, 0) is 6.61 Å². The molecule has 0 aromatic heterocycles. The molecule has 1 aliphatic carbocycles. The predicted molar refractivity (Wildman–Crippen MR) is 129 cm³/mol. The number of benzene rings is 3. The fraction of sp³-hybridized carbons (Fsp3) is 0.379. The first-order valence-electron chi connectivity index (χ1n) is 12.2. The number of hydrogen-bond donors (Lipinski definition) is 0. The topological polar surface area (TPSA) is 18.5 Å². The van der Waals surface area contributed by atoms with Gasteiger partial charge in [0.15, 0.2) is 23.2 Å². The number of rotatable bonds is 8. The summed E-state index contributed by atoms with van der Waals surface area (Å²) < 4.78 is 68.9. The Hall–Kier alpha value is -3.02. The lowest BCUT2D eigenvalue weighted by Crippen LogP contribution is -2.14. The van der Waals surface area contributed by atoms with Gasteiger partial charge < -0.3 is 9.47 Å². The Bertz CT molecular complexity index is 1150. The Balaban J connectivity index is 1.44. The molecule has 0 bridgehead atoms. The van der Waals surface area contributed by atoms with Gasteiger partial charge in [-0.1, -0.05) is 37.6 Å². The van der Waals surface area contributed by atoms with Crippen LogP contribution in [0.3, 0.4) is 0 Å². The minimum Gasteiger partial charge on any atom is -0.491 e. The van der Waals surface area contributed by atoms with Crippen molar-refractivity contribution in [2.45, 2.75) is 58.5 Å². The molecule has 4 rings (SSSR count). The first-order chi connectivity index (χ1) is 16.9. The van der Waals surface area contributed by atoms with Gasteiger partial charge in [-0.15, -0.1) is 0 Å². The Kier molecular flexibility index (Phi) is 7.99. The number of ether oxygens (including phenoxy) is 2. The van der Waals surface area contributed by atoms with Crippen LogP contribution in [0.25, 0.3) is 11.1 Å². The highest BCUT2D eigenvalue weighted by Crippen LogP contribution is 2.39. The lowest BCUT2D eigenvalue weighted by atomic mass is 9.77. The molecule has 1 saturated carbocycles. The van der Waals surface area contributed by atoms with E-state index in [1.54, 1.807) is 43.3 Å². The van der Waals surface area contributed by atoms with E-state index in [1.165, 1.54) is 12.1 Å². The summed E-state index contributed by atoms with van der Waals surface area (Å²) in [7, 11) is 0. The minimum absolute atomic E-state index is 0.0479. The highest BCUT2D eigenvalue weighted by molar-refractivity contribution is 5.65. The van der Waals surface area contributed by atoms with Gasteiger partial charge in [0.25, 0.3) is 0 Å². The zero-order chi connectivity index (χ0) is 24.9. The third-order valence-electron chi connectivity index (χ3n) is 6.96. The van der Waals surface area contributed by atoms with Gasteiger partial charge in [-0.25, -0.2) is 13.2 Å². The van der Waals surface area contributed by atoms with E-state index < -0.39 is 23.3 Å². The zero-order valence-electron chi connectivity index (χ0n) is 20.1. The molecular formula is C29H30F4O2. The van der Waals surface area contributed by atoms with Crippen molar-refractivity contribution in [2.75, 3.05) is 6.61 Å². The largest absolute Gasteiger partial charge is 0.491 e. The fourth-order valence-corrected chi connectivity index (χ4v) is 4.83. The van der Waals surface area contributed by atoms with Gasteiger partial charge >= 0.3 is 0 Å². The first-order valence-corrected chi connectivity index (χ1v) is 12.2. The fourth-order valence-electron chi connectivity index (χ4n) is 4.83. The highest BCUT2D eigenvalue weighted by Gasteiger charge is 2.26. The summed E-state index contributed by atoms with van der Waals surface area (Å²) in [6.07, 6.45) is 5.02. The van der Waals surface area contributed by atoms with Crippen molar-refractivity contribution in [1.82, 2.24) is 0 Å². The Morgan fingerprint density at radius 2 is 1.43 bits per heavy atom. The molecule has 0 radical (unpaired) electrons. The summed E-state index contributed by atoms with van der Waals surface area (Å²) in [6, 6.07) is 12.5. The van der Waals surface area contributed by atoms with Crippen molar-refractivity contribution >= 4 is 0 Å². The summed E-state index contributed by atoms with van der Waals surface area (Å²) in [6.45, 7) is 3.90. The third kappa shape index (κ3) is 5.47. The molecule has 186 valence electrons. The average molecular weight is 487 g/mol. The summed E-state index contributed by atoms with van der Waals surface area (Å²) in [5, 5.41) is 0. The molecule has 3 aromatic rings. The van der Waals surface area contributed by atoms with Gasteiger partial charge in [0, 0.05) is 11.1 Å². The second-order valence-electron chi connectivity index (χ2n) is 9.05. The van der Waals surface area contributed by atoms with Crippen LogP contribution in [0.2, 0.25) is 0 Å². The molecule has 1 fully saturated rings. The standard InChI is InChI=1S/C29H30F4O2/c1-3-18-5-7-19(8-6-18)23-14-15-24(28(32)27(23)31)20-9-12-22(13-10-20)35-17-21-11-16-25(34-4-2)29(33)26(21)30/h9-16,18-19H,3-8,17H2,1-2H3. The Morgan fingerprint density at radius 3 is 2.09 bits per heavy atom. The van der Waals surface area contributed by atoms with E-state index in [9.17, 15) is 17.6 Å². The van der Waals surface area contributed by atoms with E-state index in [-0.39, 0.29) is 36.0 Å². The van der Waals surface area contributed by atoms with Gasteiger partial charge in [0.2, 0.25) is 5.82 Å². The summed E-state index contributed by atoms with van der Waals surface area (Å²) >= 11 is 0. The van der Waals surface area contributed by atoms with Crippen LogP contribution in [0.15, 0.2) is 48.5 Å². The van der Waals surface area contributed by atoms with Crippen molar-refractivity contribution in [3.8, 4) is 22.6 Å². The SMILES string of the molecule is CCOc1ccc(COc2ccc(-c3ccc(C4CCC(CC)CC4)c(F)c3F)cc2)c(F)c1F.